The lowest BCUT2D eigenvalue weighted by molar-refractivity contribution is 0.172. The highest BCUT2D eigenvalue weighted by atomic mass is 32.2. The number of furan rings is 1. The van der Waals surface area contributed by atoms with Crippen molar-refractivity contribution in [1.82, 2.24) is 10.0 Å². The first-order valence-corrected chi connectivity index (χ1v) is 6.50. The number of amides is 1. The van der Waals surface area contributed by atoms with E-state index in [9.17, 15) is 13.2 Å². The number of alkyl carbamates (subject to hydrolysis) is 1. The van der Waals surface area contributed by atoms with Crippen molar-refractivity contribution in [3.05, 3.63) is 24.2 Å². The van der Waals surface area contributed by atoms with E-state index in [1.807, 2.05) is 0 Å². The number of hydrogen-bond donors (Lipinski definition) is 2. The van der Waals surface area contributed by atoms with Crippen LogP contribution in [0.5, 0.6) is 0 Å². The third kappa shape index (κ3) is 5.36. The van der Waals surface area contributed by atoms with Gasteiger partial charge >= 0.3 is 6.09 Å². The summed E-state index contributed by atoms with van der Waals surface area (Å²) in [5, 5.41) is 2.28. The van der Waals surface area contributed by atoms with Crippen molar-refractivity contribution in [2.75, 3.05) is 19.4 Å². The first-order valence-electron chi connectivity index (χ1n) is 4.85. The van der Waals surface area contributed by atoms with Crippen LogP contribution in [0.3, 0.4) is 0 Å². The van der Waals surface area contributed by atoms with Crippen LogP contribution in [0.15, 0.2) is 22.8 Å². The molecule has 2 N–H and O–H groups in total. The number of carbonyl (C=O) groups excluding carboxylic acids is 1. The van der Waals surface area contributed by atoms with Gasteiger partial charge in [-0.3, -0.25) is 0 Å². The molecule has 0 aliphatic rings. The molecular formula is C9H14N2O5S. The number of hydrogen-bond acceptors (Lipinski definition) is 5. The first kappa shape index (κ1) is 13.5. The molecule has 0 unspecified atom stereocenters. The fourth-order valence-electron chi connectivity index (χ4n) is 1.03. The molecule has 7 nitrogen and oxygen atoms in total. The van der Waals surface area contributed by atoms with Gasteiger partial charge in [0.05, 0.1) is 25.7 Å². The molecule has 1 heterocycles. The first-order chi connectivity index (χ1) is 8.03. The second-order valence-corrected chi connectivity index (χ2v) is 5.06. The van der Waals surface area contributed by atoms with Gasteiger partial charge in [0.2, 0.25) is 10.0 Å². The second-order valence-electron chi connectivity index (χ2n) is 3.14. The van der Waals surface area contributed by atoms with Crippen LogP contribution >= 0.6 is 0 Å². The molecule has 0 saturated heterocycles. The van der Waals surface area contributed by atoms with Crippen LogP contribution < -0.4 is 10.0 Å². The zero-order valence-corrected chi connectivity index (χ0v) is 10.1. The molecule has 1 amide bonds. The number of nitrogens with one attached hydrogen (secondary N) is 2. The largest absolute Gasteiger partial charge is 0.468 e. The quantitative estimate of drug-likeness (QED) is 0.755. The Kier molecular flexibility index (Phi) is 4.98. The maximum atomic E-state index is 11.5. The van der Waals surface area contributed by atoms with Crippen LogP contribution in [0, 0.1) is 0 Å². The number of carbonyl (C=O) groups is 1. The van der Waals surface area contributed by atoms with Crippen molar-refractivity contribution in [2.45, 2.75) is 6.54 Å². The Morgan fingerprint density at radius 2 is 2.29 bits per heavy atom. The Balaban J connectivity index is 2.29. The second kappa shape index (κ2) is 6.26. The van der Waals surface area contributed by atoms with Crippen LogP contribution in [0.2, 0.25) is 0 Å². The molecule has 1 aromatic rings. The molecule has 0 bridgehead atoms. The summed E-state index contributed by atoms with van der Waals surface area (Å²) in [6.07, 6.45) is 0.800. The number of methoxy groups -OCH3 is 1. The monoisotopic (exact) mass is 262 g/mol. The number of ether oxygens (including phenoxy) is 1. The van der Waals surface area contributed by atoms with Gasteiger partial charge in [0, 0.05) is 6.54 Å². The third-order valence-corrected chi connectivity index (χ3v) is 3.20. The molecule has 8 heteroatoms. The van der Waals surface area contributed by atoms with Gasteiger partial charge in [-0.05, 0) is 12.1 Å². The van der Waals surface area contributed by atoms with Crippen LogP contribution in [-0.2, 0) is 21.3 Å². The molecule has 1 rings (SSSR count). The van der Waals surface area contributed by atoms with E-state index in [1.54, 1.807) is 12.1 Å². The van der Waals surface area contributed by atoms with Crippen LogP contribution in [0.1, 0.15) is 5.76 Å². The summed E-state index contributed by atoms with van der Waals surface area (Å²) in [7, 11) is -2.23. The zero-order chi connectivity index (χ0) is 12.7. The minimum absolute atomic E-state index is 0.0137. The maximum Gasteiger partial charge on any atom is 0.406 e. The molecule has 1 aromatic heterocycles. The van der Waals surface area contributed by atoms with Gasteiger partial charge in [-0.25, -0.2) is 17.9 Å². The molecule has 0 aliphatic carbocycles. The Bertz CT molecular complexity index is 440. The summed E-state index contributed by atoms with van der Waals surface area (Å²) < 4.78 is 34.5. The van der Waals surface area contributed by atoms with E-state index in [0.717, 1.165) is 0 Å². The van der Waals surface area contributed by atoms with E-state index in [2.05, 4.69) is 14.8 Å². The van der Waals surface area contributed by atoms with Crippen LogP contribution in [0.25, 0.3) is 0 Å². The average Bonchev–Trinajstić information content (AvgIpc) is 2.79. The fourth-order valence-corrected chi connectivity index (χ4v) is 1.90. The predicted octanol–water partition coefficient (Wildman–Crippen LogP) is 0.0550. The Hall–Kier alpha value is -1.54. The average molecular weight is 262 g/mol. The number of rotatable bonds is 6. The van der Waals surface area contributed by atoms with Gasteiger partial charge in [-0.15, -0.1) is 0 Å². The van der Waals surface area contributed by atoms with Crippen molar-refractivity contribution >= 4 is 16.1 Å². The molecule has 0 radical (unpaired) electrons. The highest BCUT2D eigenvalue weighted by Gasteiger charge is 2.11. The van der Waals surface area contributed by atoms with Crippen molar-refractivity contribution in [2.24, 2.45) is 0 Å². The predicted molar refractivity (Wildman–Crippen MR) is 59.7 cm³/mol. The molecule has 0 saturated carbocycles. The SMILES string of the molecule is COC(=O)NCCS(=O)(=O)NCc1ccco1. The lowest BCUT2D eigenvalue weighted by atomic mass is 10.5. The third-order valence-electron chi connectivity index (χ3n) is 1.87. The fraction of sp³-hybridized carbons (Fsp3) is 0.444. The van der Waals surface area contributed by atoms with E-state index in [-0.39, 0.29) is 18.8 Å². The molecule has 0 fully saturated rings. The summed E-state index contributed by atoms with van der Waals surface area (Å²) >= 11 is 0. The number of sulfonamides is 1. The maximum absolute atomic E-state index is 11.5. The Labute approximate surface area is 99.2 Å². The summed E-state index contributed by atoms with van der Waals surface area (Å²) in [6, 6.07) is 3.33. The Morgan fingerprint density at radius 3 is 2.88 bits per heavy atom. The lowest BCUT2D eigenvalue weighted by Gasteiger charge is -2.06. The summed E-state index contributed by atoms with van der Waals surface area (Å²) in [5.41, 5.74) is 0. The van der Waals surface area contributed by atoms with Crippen LogP contribution in [0.4, 0.5) is 4.79 Å². The minimum Gasteiger partial charge on any atom is -0.468 e. The molecule has 17 heavy (non-hydrogen) atoms. The van der Waals surface area contributed by atoms with Crippen LogP contribution in [-0.4, -0.2) is 33.9 Å². The molecule has 0 aromatic carbocycles. The van der Waals surface area contributed by atoms with Gasteiger partial charge in [-0.1, -0.05) is 0 Å². The minimum atomic E-state index is -3.44. The van der Waals surface area contributed by atoms with Gasteiger partial charge in [0.25, 0.3) is 0 Å². The van der Waals surface area contributed by atoms with Crippen molar-refractivity contribution in [3.8, 4) is 0 Å². The molecule has 96 valence electrons. The van der Waals surface area contributed by atoms with E-state index >= 15 is 0 Å². The topological polar surface area (TPSA) is 97.6 Å². The van der Waals surface area contributed by atoms with Crippen molar-refractivity contribution in [1.29, 1.82) is 0 Å². The molecule has 0 spiro atoms. The van der Waals surface area contributed by atoms with Gasteiger partial charge in [-0.2, -0.15) is 0 Å². The molecule has 0 aliphatic heterocycles. The lowest BCUT2D eigenvalue weighted by Crippen LogP contribution is -2.34. The molecule has 0 atom stereocenters. The standard InChI is InChI=1S/C9H14N2O5S/c1-15-9(12)10-4-6-17(13,14)11-7-8-3-2-5-16-8/h2-3,5,11H,4,6-7H2,1H3,(H,10,12). The highest BCUT2D eigenvalue weighted by molar-refractivity contribution is 7.89. The van der Waals surface area contributed by atoms with Crippen molar-refractivity contribution < 1.29 is 22.4 Å². The molecular weight excluding hydrogens is 248 g/mol. The normalized spacial score (nSPS) is 11.1. The van der Waals surface area contributed by atoms with E-state index in [4.69, 9.17) is 4.42 Å². The summed E-state index contributed by atoms with van der Waals surface area (Å²) in [6.45, 7) is 0.0771. The van der Waals surface area contributed by atoms with E-state index < -0.39 is 16.1 Å². The highest BCUT2D eigenvalue weighted by Crippen LogP contribution is 1.99. The zero-order valence-electron chi connectivity index (χ0n) is 9.30. The van der Waals surface area contributed by atoms with Gasteiger partial charge in [0.1, 0.15) is 5.76 Å². The summed E-state index contributed by atoms with van der Waals surface area (Å²) in [4.78, 5) is 10.7. The van der Waals surface area contributed by atoms with Gasteiger partial charge < -0.3 is 14.5 Å². The Morgan fingerprint density at radius 1 is 1.53 bits per heavy atom. The van der Waals surface area contributed by atoms with Crippen molar-refractivity contribution in [3.63, 3.8) is 0 Å². The smallest absolute Gasteiger partial charge is 0.406 e. The van der Waals surface area contributed by atoms with E-state index in [1.165, 1.54) is 13.4 Å². The van der Waals surface area contributed by atoms with E-state index in [0.29, 0.717) is 5.76 Å². The summed E-state index contributed by atoms with van der Waals surface area (Å²) in [5.74, 6) is 0.303. The van der Waals surface area contributed by atoms with Gasteiger partial charge in [0.15, 0.2) is 0 Å².